The molecule has 0 spiro atoms. The largest absolute Gasteiger partial charge is 0.494 e. The summed E-state index contributed by atoms with van der Waals surface area (Å²) in [5, 5.41) is 4.29. The molecular formula is C24H21N3O3S. The van der Waals surface area contributed by atoms with E-state index in [0.717, 1.165) is 34.6 Å². The van der Waals surface area contributed by atoms with E-state index in [-0.39, 0.29) is 11.3 Å². The lowest BCUT2D eigenvalue weighted by Crippen LogP contribution is -2.27. The molecule has 7 heteroatoms. The number of hydrogen-bond acceptors (Lipinski definition) is 6. The Morgan fingerprint density at radius 1 is 1.06 bits per heavy atom. The number of ether oxygens (including phenoxy) is 1. The minimum atomic E-state index is -0.418. The highest BCUT2D eigenvalue weighted by Gasteiger charge is 2.11. The molecule has 0 saturated heterocycles. The first kappa shape index (κ1) is 20.7. The van der Waals surface area contributed by atoms with Crippen LogP contribution >= 0.6 is 11.3 Å². The first-order valence-electron chi connectivity index (χ1n) is 10.0. The van der Waals surface area contributed by atoms with Gasteiger partial charge < -0.3 is 4.74 Å². The summed E-state index contributed by atoms with van der Waals surface area (Å²) in [6, 6.07) is 17.3. The number of allylic oxidation sites excluding steroid dienone is 1. The molecule has 4 aromatic rings. The van der Waals surface area contributed by atoms with E-state index in [9.17, 15) is 9.59 Å². The Morgan fingerprint density at radius 3 is 2.58 bits per heavy atom. The summed E-state index contributed by atoms with van der Waals surface area (Å²) in [5.41, 5.74) is 1.47. The highest BCUT2D eigenvalue weighted by atomic mass is 32.1. The fraction of sp³-hybridized carbons (Fsp3) is 0.167. The van der Waals surface area contributed by atoms with Crippen molar-refractivity contribution in [1.29, 1.82) is 0 Å². The van der Waals surface area contributed by atoms with Gasteiger partial charge in [-0.25, -0.2) is 0 Å². The number of rotatable bonds is 7. The van der Waals surface area contributed by atoms with E-state index in [1.54, 1.807) is 6.08 Å². The summed E-state index contributed by atoms with van der Waals surface area (Å²) in [4.78, 5) is 29.5. The van der Waals surface area contributed by atoms with Gasteiger partial charge in [-0.05, 0) is 35.8 Å². The molecule has 0 radical (unpaired) electrons. The van der Waals surface area contributed by atoms with Crippen molar-refractivity contribution >= 4 is 28.4 Å². The second-order valence-electron chi connectivity index (χ2n) is 6.94. The van der Waals surface area contributed by atoms with Gasteiger partial charge in [0.15, 0.2) is 0 Å². The molecule has 2 heterocycles. The van der Waals surface area contributed by atoms with Crippen LogP contribution in [0.15, 0.2) is 70.3 Å². The fourth-order valence-corrected chi connectivity index (χ4v) is 3.85. The van der Waals surface area contributed by atoms with Gasteiger partial charge in [0.2, 0.25) is 4.96 Å². The van der Waals surface area contributed by atoms with E-state index < -0.39 is 5.56 Å². The number of thiazole rings is 1. The first-order valence-corrected chi connectivity index (χ1v) is 10.8. The maximum Gasteiger partial charge on any atom is 0.296 e. The van der Waals surface area contributed by atoms with Crippen LogP contribution in [0, 0.1) is 0 Å². The van der Waals surface area contributed by atoms with Crippen molar-refractivity contribution in [3.8, 4) is 5.75 Å². The van der Waals surface area contributed by atoms with Gasteiger partial charge in [0.25, 0.3) is 11.1 Å². The normalized spacial score (nSPS) is 12.1. The average molecular weight is 432 g/mol. The van der Waals surface area contributed by atoms with E-state index in [4.69, 9.17) is 4.74 Å². The third-order valence-corrected chi connectivity index (χ3v) is 5.53. The maximum atomic E-state index is 12.7. The van der Waals surface area contributed by atoms with Crippen LogP contribution in [-0.2, 0) is 6.42 Å². The molecule has 0 bridgehead atoms. The molecule has 6 nitrogen and oxygen atoms in total. The van der Waals surface area contributed by atoms with Crippen LogP contribution in [0.4, 0.5) is 0 Å². The zero-order valence-electron chi connectivity index (χ0n) is 17.0. The van der Waals surface area contributed by atoms with Crippen molar-refractivity contribution in [2.75, 3.05) is 6.61 Å². The van der Waals surface area contributed by atoms with Crippen molar-refractivity contribution in [3.05, 3.63) is 103 Å². The topological polar surface area (TPSA) is 73.6 Å². The van der Waals surface area contributed by atoms with Crippen molar-refractivity contribution in [3.63, 3.8) is 0 Å². The molecule has 0 fully saturated rings. The second-order valence-corrected chi connectivity index (χ2v) is 7.94. The van der Waals surface area contributed by atoms with Crippen LogP contribution < -0.4 is 20.4 Å². The van der Waals surface area contributed by atoms with E-state index in [1.165, 1.54) is 4.52 Å². The highest BCUT2D eigenvalue weighted by Crippen LogP contribution is 2.14. The van der Waals surface area contributed by atoms with Crippen LogP contribution in [-0.4, -0.2) is 21.2 Å². The average Bonchev–Trinajstić information content (AvgIpc) is 3.09. The number of hydrogen-bond donors (Lipinski definition) is 0. The minimum absolute atomic E-state index is 0.237. The van der Waals surface area contributed by atoms with Gasteiger partial charge in [0, 0.05) is 6.42 Å². The van der Waals surface area contributed by atoms with E-state index >= 15 is 0 Å². The number of fused-ring (bicyclic) bond motifs is 1. The lowest BCUT2D eigenvalue weighted by Gasteiger charge is -2.05. The molecule has 0 unspecified atom stereocenters. The summed E-state index contributed by atoms with van der Waals surface area (Å²) >= 11 is 1.15. The standard InChI is InChI=1S/C24H21N3O3S/c1-2-15-30-19-13-11-18(12-14-19)16-20-22(28)25-24-27(26-20)23(29)21(31-24)10-6-9-17-7-4-3-5-8-17/h3-14H,2,15-16H2,1H3. The van der Waals surface area contributed by atoms with Crippen molar-refractivity contribution < 1.29 is 4.74 Å². The molecule has 0 atom stereocenters. The predicted octanol–water partition coefficient (Wildman–Crippen LogP) is 3.10. The lowest BCUT2D eigenvalue weighted by atomic mass is 10.1. The number of aromatic nitrogens is 3. The molecular weight excluding hydrogens is 410 g/mol. The quantitative estimate of drug-likeness (QED) is 0.450. The number of nitrogens with zero attached hydrogens (tertiary/aromatic N) is 3. The Morgan fingerprint density at radius 2 is 1.84 bits per heavy atom. The van der Waals surface area contributed by atoms with Gasteiger partial charge in [-0.2, -0.15) is 14.6 Å². The summed E-state index contributed by atoms with van der Waals surface area (Å²) in [5.74, 6) is 0.785. The third kappa shape index (κ3) is 4.95. The van der Waals surface area contributed by atoms with Gasteiger partial charge in [0.05, 0.1) is 11.1 Å². The summed E-state index contributed by atoms with van der Waals surface area (Å²) in [6.07, 6.45) is 6.67. The lowest BCUT2D eigenvalue weighted by molar-refractivity contribution is 0.317. The molecule has 4 rings (SSSR count). The molecule has 2 aromatic heterocycles. The first-order chi connectivity index (χ1) is 15.1. The Hall–Kier alpha value is -3.58. The van der Waals surface area contributed by atoms with Crippen molar-refractivity contribution in [1.82, 2.24) is 14.6 Å². The highest BCUT2D eigenvalue weighted by molar-refractivity contribution is 7.15. The Labute approximate surface area is 182 Å². The van der Waals surface area contributed by atoms with Crippen LogP contribution in [0.5, 0.6) is 5.75 Å². The van der Waals surface area contributed by atoms with Crippen LogP contribution in [0.1, 0.15) is 30.2 Å². The smallest absolute Gasteiger partial charge is 0.296 e. The van der Waals surface area contributed by atoms with Gasteiger partial charge in [-0.15, -0.1) is 0 Å². The van der Waals surface area contributed by atoms with Crippen molar-refractivity contribution in [2.24, 2.45) is 0 Å². The molecule has 156 valence electrons. The van der Waals surface area contributed by atoms with Gasteiger partial charge in [-0.3, -0.25) is 9.59 Å². The van der Waals surface area contributed by atoms with Crippen molar-refractivity contribution in [2.45, 2.75) is 19.8 Å². The van der Waals surface area contributed by atoms with Gasteiger partial charge in [0.1, 0.15) is 11.4 Å². The molecule has 0 saturated carbocycles. The molecule has 0 N–H and O–H groups in total. The minimum Gasteiger partial charge on any atom is -0.494 e. The molecule has 0 aliphatic carbocycles. The van der Waals surface area contributed by atoms with Gasteiger partial charge in [-0.1, -0.05) is 72.9 Å². The summed E-state index contributed by atoms with van der Waals surface area (Å²) < 4.78 is 7.26. The SMILES string of the molecule is CCCOc1ccc(Cc2nn3c(=O)c(=CC=Cc4ccccc4)sc3nc2=O)cc1. The molecule has 31 heavy (non-hydrogen) atoms. The van der Waals surface area contributed by atoms with Crippen LogP contribution in [0.2, 0.25) is 0 Å². The van der Waals surface area contributed by atoms with Crippen LogP contribution in [0.25, 0.3) is 17.1 Å². The molecule has 0 aliphatic heterocycles. The Kier molecular flexibility index (Phi) is 6.33. The molecule has 2 aromatic carbocycles. The molecule has 0 aliphatic rings. The summed E-state index contributed by atoms with van der Waals surface area (Å²) in [7, 11) is 0. The predicted molar refractivity (Wildman–Crippen MR) is 124 cm³/mol. The number of benzene rings is 2. The molecule has 0 amide bonds. The van der Waals surface area contributed by atoms with E-state index in [0.29, 0.717) is 22.5 Å². The summed E-state index contributed by atoms with van der Waals surface area (Å²) in [6.45, 7) is 2.71. The third-order valence-electron chi connectivity index (χ3n) is 4.55. The fourth-order valence-electron chi connectivity index (χ4n) is 2.99. The van der Waals surface area contributed by atoms with Crippen LogP contribution in [0.3, 0.4) is 0 Å². The van der Waals surface area contributed by atoms with Gasteiger partial charge >= 0.3 is 0 Å². The zero-order chi connectivity index (χ0) is 21.6. The maximum absolute atomic E-state index is 12.7. The Balaban J connectivity index is 1.60. The monoisotopic (exact) mass is 431 g/mol. The van der Waals surface area contributed by atoms with E-state index in [2.05, 4.69) is 10.1 Å². The Bertz CT molecular complexity index is 1370. The second kappa shape index (κ2) is 9.49. The zero-order valence-corrected chi connectivity index (χ0v) is 17.8. The van der Waals surface area contributed by atoms with E-state index in [1.807, 2.05) is 73.7 Å².